The van der Waals surface area contributed by atoms with Crippen molar-refractivity contribution in [3.05, 3.63) is 0 Å². The Morgan fingerprint density at radius 3 is 2.33 bits per heavy atom. The molecule has 0 aliphatic rings. The summed E-state index contributed by atoms with van der Waals surface area (Å²) in [6.07, 6.45) is 0. The Labute approximate surface area is 108 Å². The Bertz CT molecular complexity index is 367. The van der Waals surface area contributed by atoms with Gasteiger partial charge in [0.1, 0.15) is 6.61 Å². The first-order valence-corrected chi connectivity index (χ1v) is 6.10. The van der Waals surface area contributed by atoms with E-state index in [1.165, 1.54) is 0 Å². The van der Waals surface area contributed by atoms with Crippen LogP contribution in [0.5, 0.6) is 6.01 Å². The van der Waals surface area contributed by atoms with Gasteiger partial charge in [-0.1, -0.05) is 0 Å². The van der Waals surface area contributed by atoms with Crippen LogP contribution in [0.4, 0.5) is 11.9 Å². The number of aromatic nitrogens is 3. The standard InChI is InChI=1S/C11H22N6O/c1-5-17(6-2)10-13-9(12)14-11(15-10)18-8-7-16(3)4/h5-8H2,1-4H3,(H2,12,13,14,15). The molecular weight excluding hydrogens is 232 g/mol. The Balaban J connectivity index is 2.74. The maximum absolute atomic E-state index is 5.66. The van der Waals surface area contributed by atoms with E-state index in [1.54, 1.807) is 0 Å². The number of likely N-dealkylation sites (N-methyl/N-ethyl adjacent to an activating group) is 1. The van der Waals surface area contributed by atoms with Crippen LogP contribution in [0.1, 0.15) is 13.8 Å². The average molecular weight is 254 g/mol. The van der Waals surface area contributed by atoms with E-state index in [2.05, 4.69) is 15.0 Å². The second-order valence-electron chi connectivity index (χ2n) is 4.10. The third-order valence-electron chi connectivity index (χ3n) is 2.44. The molecule has 0 aromatic carbocycles. The van der Waals surface area contributed by atoms with Crippen molar-refractivity contribution in [2.75, 3.05) is 51.0 Å². The molecule has 0 amide bonds. The minimum atomic E-state index is 0.187. The lowest BCUT2D eigenvalue weighted by Gasteiger charge is -2.18. The number of hydrogen-bond donors (Lipinski definition) is 1. The summed E-state index contributed by atoms with van der Waals surface area (Å²) in [5.41, 5.74) is 5.66. The zero-order valence-electron chi connectivity index (χ0n) is 11.6. The van der Waals surface area contributed by atoms with Crippen molar-refractivity contribution < 1.29 is 4.74 Å². The zero-order chi connectivity index (χ0) is 13.5. The van der Waals surface area contributed by atoms with Crippen molar-refractivity contribution in [2.45, 2.75) is 13.8 Å². The molecule has 102 valence electrons. The van der Waals surface area contributed by atoms with Crippen LogP contribution in [-0.2, 0) is 0 Å². The van der Waals surface area contributed by atoms with Crippen molar-refractivity contribution in [1.29, 1.82) is 0 Å². The van der Waals surface area contributed by atoms with Crippen LogP contribution in [0.25, 0.3) is 0 Å². The lowest BCUT2D eigenvalue weighted by Crippen LogP contribution is -2.25. The van der Waals surface area contributed by atoms with E-state index < -0.39 is 0 Å². The highest BCUT2D eigenvalue weighted by molar-refractivity contribution is 5.35. The van der Waals surface area contributed by atoms with Gasteiger partial charge in [0.15, 0.2) is 0 Å². The van der Waals surface area contributed by atoms with E-state index >= 15 is 0 Å². The maximum Gasteiger partial charge on any atom is 0.323 e. The summed E-state index contributed by atoms with van der Waals surface area (Å²) >= 11 is 0. The summed E-state index contributed by atoms with van der Waals surface area (Å²) in [5, 5.41) is 0. The summed E-state index contributed by atoms with van der Waals surface area (Å²) in [6, 6.07) is 0.284. The second kappa shape index (κ2) is 6.95. The number of nitrogens with two attached hydrogens (primary N) is 1. The fourth-order valence-corrected chi connectivity index (χ4v) is 1.39. The zero-order valence-corrected chi connectivity index (χ0v) is 11.6. The Morgan fingerprint density at radius 2 is 1.78 bits per heavy atom. The Morgan fingerprint density at radius 1 is 1.11 bits per heavy atom. The van der Waals surface area contributed by atoms with Gasteiger partial charge in [0.25, 0.3) is 0 Å². The van der Waals surface area contributed by atoms with Gasteiger partial charge in [0.05, 0.1) is 0 Å². The van der Waals surface area contributed by atoms with Crippen molar-refractivity contribution in [3.63, 3.8) is 0 Å². The molecule has 0 unspecified atom stereocenters. The second-order valence-corrected chi connectivity index (χ2v) is 4.10. The van der Waals surface area contributed by atoms with E-state index in [-0.39, 0.29) is 12.0 Å². The molecule has 0 aliphatic carbocycles. The van der Waals surface area contributed by atoms with Gasteiger partial charge in [-0.05, 0) is 27.9 Å². The highest BCUT2D eigenvalue weighted by Crippen LogP contribution is 2.12. The quantitative estimate of drug-likeness (QED) is 0.746. The van der Waals surface area contributed by atoms with Gasteiger partial charge in [-0.15, -0.1) is 0 Å². The van der Waals surface area contributed by atoms with Gasteiger partial charge in [0, 0.05) is 19.6 Å². The maximum atomic E-state index is 5.66. The fourth-order valence-electron chi connectivity index (χ4n) is 1.39. The molecule has 7 heteroatoms. The molecule has 7 nitrogen and oxygen atoms in total. The van der Waals surface area contributed by atoms with Crippen LogP contribution in [0.3, 0.4) is 0 Å². The number of nitrogens with zero attached hydrogens (tertiary/aromatic N) is 5. The highest BCUT2D eigenvalue weighted by Gasteiger charge is 2.10. The van der Waals surface area contributed by atoms with Crippen LogP contribution in [0.2, 0.25) is 0 Å². The molecule has 0 saturated heterocycles. The summed E-state index contributed by atoms with van der Waals surface area (Å²) < 4.78 is 5.47. The molecule has 1 aromatic heterocycles. The van der Waals surface area contributed by atoms with Crippen molar-refractivity contribution in [1.82, 2.24) is 19.9 Å². The normalized spacial score (nSPS) is 10.7. The molecule has 2 N–H and O–H groups in total. The lowest BCUT2D eigenvalue weighted by atomic mass is 10.5. The molecule has 1 rings (SSSR count). The first kappa shape index (κ1) is 14.4. The molecule has 0 saturated carbocycles. The topological polar surface area (TPSA) is 80.4 Å². The highest BCUT2D eigenvalue weighted by atomic mass is 16.5. The van der Waals surface area contributed by atoms with Crippen LogP contribution >= 0.6 is 0 Å². The minimum absolute atomic E-state index is 0.187. The molecule has 1 aromatic rings. The van der Waals surface area contributed by atoms with Gasteiger partial charge < -0.3 is 20.3 Å². The molecule has 0 fully saturated rings. The number of rotatable bonds is 7. The van der Waals surface area contributed by atoms with Gasteiger partial charge in [0.2, 0.25) is 11.9 Å². The third-order valence-corrected chi connectivity index (χ3v) is 2.44. The van der Waals surface area contributed by atoms with Gasteiger partial charge in [-0.25, -0.2) is 0 Å². The third kappa shape index (κ3) is 4.33. The van der Waals surface area contributed by atoms with Crippen LogP contribution in [0.15, 0.2) is 0 Å². The smallest absolute Gasteiger partial charge is 0.323 e. The van der Waals surface area contributed by atoms with Gasteiger partial charge in [-0.3, -0.25) is 0 Å². The van der Waals surface area contributed by atoms with E-state index in [9.17, 15) is 0 Å². The monoisotopic (exact) mass is 254 g/mol. The summed E-state index contributed by atoms with van der Waals surface area (Å²) in [4.78, 5) is 16.4. The molecule has 1 heterocycles. The molecule has 0 spiro atoms. The van der Waals surface area contributed by atoms with Crippen molar-refractivity contribution >= 4 is 11.9 Å². The fraction of sp³-hybridized carbons (Fsp3) is 0.727. The molecule has 0 atom stereocenters. The summed E-state index contributed by atoms with van der Waals surface area (Å²) in [7, 11) is 3.96. The first-order valence-electron chi connectivity index (χ1n) is 6.10. The van der Waals surface area contributed by atoms with Crippen molar-refractivity contribution in [2.24, 2.45) is 0 Å². The van der Waals surface area contributed by atoms with Crippen LogP contribution in [0, 0.1) is 0 Å². The first-order chi connectivity index (χ1) is 8.56. The number of hydrogen-bond acceptors (Lipinski definition) is 7. The van der Waals surface area contributed by atoms with Gasteiger partial charge in [-0.2, -0.15) is 15.0 Å². The minimum Gasteiger partial charge on any atom is -0.462 e. The van der Waals surface area contributed by atoms with E-state index in [0.29, 0.717) is 12.6 Å². The molecular formula is C11H22N6O. The Hall–Kier alpha value is -1.63. The number of ether oxygens (including phenoxy) is 1. The number of nitrogen functional groups attached to an aromatic ring is 1. The lowest BCUT2D eigenvalue weighted by molar-refractivity contribution is 0.245. The predicted octanol–water partition coefficient (Wildman–Crippen LogP) is 0.240. The molecule has 0 radical (unpaired) electrons. The summed E-state index contributed by atoms with van der Waals surface area (Å²) in [5.74, 6) is 0.749. The molecule has 0 aliphatic heterocycles. The molecule has 0 bridgehead atoms. The molecule has 18 heavy (non-hydrogen) atoms. The van der Waals surface area contributed by atoms with E-state index in [4.69, 9.17) is 10.5 Å². The van der Waals surface area contributed by atoms with Crippen molar-refractivity contribution in [3.8, 4) is 6.01 Å². The van der Waals surface area contributed by atoms with E-state index in [0.717, 1.165) is 19.6 Å². The van der Waals surface area contributed by atoms with E-state index in [1.807, 2.05) is 37.7 Å². The van der Waals surface area contributed by atoms with Gasteiger partial charge >= 0.3 is 6.01 Å². The number of anilines is 2. The largest absolute Gasteiger partial charge is 0.462 e. The Kier molecular flexibility index (Phi) is 5.57. The van der Waals surface area contributed by atoms with Crippen LogP contribution in [-0.4, -0.2) is 60.2 Å². The predicted molar refractivity (Wildman–Crippen MR) is 71.8 cm³/mol. The SMILES string of the molecule is CCN(CC)c1nc(N)nc(OCCN(C)C)n1. The van der Waals surface area contributed by atoms with Crippen LogP contribution < -0.4 is 15.4 Å². The average Bonchev–Trinajstić information content (AvgIpc) is 2.29. The summed E-state index contributed by atoms with van der Waals surface area (Å²) in [6.45, 7) is 7.03.